The Balaban J connectivity index is 1.77. The molecule has 0 aromatic heterocycles. The Hall–Kier alpha value is -2.87. The number of ether oxygens (including phenoxy) is 1. The molecule has 3 rings (SSSR count). The van der Waals surface area contributed by atoms with Crippen LogP contribution in [0.2, 0.25) is 5.02 Å². The number of allylic oxidation sites excluding steroid dienone is 1. The van der Waals surface area contributed by atoms with Gasteiger partial charge in [-0.1, -0.05) is 48.0 Å². The maximum atomic E-state index is 12.2. The fraction of sp³-hybridized carbons (Fsp3) is 0. The largest absolute Gasteiger partial charge is 0.423 e. The number of benzene rings is 3. The highest BCUT2D eigenvalue weighted by Crippen LogP contribution is 2.23. The topological polar surface area (TPSA) is 50.1 Å². The molecule has 0 saturated heterocycles. The molecule has 0 bridgehead atoms. The van der Waals surface area contributed by atoms with Crippen molar-refractivity contribution in [1.82, 2.24) is 0 Å². The number of nitriles is 1. The van der Waals surface area contributed by atoms with Crippen molar-refractivity contribution in [1.29, 1.82) is 5.26 Å². The van der Waals surface area contributed by atoms with E-state index in [1.165, 1.54) is 0 Å². The van der Waals surface area contributed by atoms with Crippen molar-refractivity contribution in [3.05, 3.63) is 99.0 Å². The molecule has 0 unspecified atom stereocenters. The van der Waals surface area contributed by atoms with E-state index in [4.69, 9.17) is 16.3 Å². The Morgan fingerprint density at radius 1 is 1.00 bits per heavy atom. The number of nitrogens with zero attached hydrogens (tertiary/aromatic N) is 1. The highest BCUT2D eigenvalue weighted by molar-refractivity contribution is 9.10. The van der Waals surface area contributed by atoms with Gasteiger partial charge in [-0.25, -0.2) is 4.79 Å². The summed E-state index contributed by atoms with van der Waals surface area (Å²) >= 11 is 9.22. The first-order chi connectivity index (χ1) is 13.1. The van der Waals surface area contributed by atoms with Crippen molar-refractivity contribution in [2.45, 2.75) is 0 Å². The Morgan fingerprint density at radius 3 is 2.30 bits per heavy atom. The summed E-state index contributed by atoms with van der Waals surface area (Å²) in [5, 5.41) is 10.0. The zero-order chi connectivity index (χ0) is 19.2. The number of halogens is 2. The zero-order valence-electron chi connectivity index (χ0n) is 14.0. The summed E-state index contributed by atoms with van der Waals surface area (Å²) < 4.78 is 6.07. The fourth-order valence-corrected chi connectivity index (χ4v) is 2.97. The Bertz CT molecular complexity index is 1040. The standard InChI is InChI=1S/C22H13BrClNO2/c23-21-4-2-1-3-20(21)22(26)27-19-11-5-15(6-12-19)13-17(14-25)16-7-9-18(24)10-8-16/h1-13H/b17-13-. The maximum Gasteiger partial charge on any atom is 0.344 e. The second kappa shape index (κ2) is 8.68. The van der Waals surface area contributed by atoms with Crippen molar-refractivity contribution in [3.8, 4) is 11.8 Å². The van der Waals surface area contributed by atoms with Gasteiger partial charge >= 0.3 is 5.97 Å². The van der Waals surface area contributed by atoms with E-state index in [9.17, 15) is 10.1 Å². The van der Waals surface area contributed by atoms with E-state index in [2.05, 4.69) is 22.0 Å². The summed E-state index contributed by atoms with van der Waals surface area (Å²) in [6.07, 6.45) is 1.77. The van der Waals surface area contributed by atoms with Gasteiger partial charge in [-0.2, -0.15) is 5.26 Å². The average Bonchev–Trinajstić information content (AvgIpc) is 2.68. The monoisotopic (exact) mass is 437 g/mol. The zero-order valence-corrected chi connectivity index (χ0v) is 16.4. The molecule has 0 heterocycles. The maximum absolute atomic E-state index is 12.2. The van der Waals surface area contributed by atoms with E-state index >= 15 is 0 Å². The van der Waals surface area contributed by atoms with Crippen molar-refractivity contribution < 1.29 is 9.53 Å². The molecule has 0 radical (unpaired) electrons. The number of carbonyl (C=O) groups excluding carboxylic acids is 1. The minimum absolute atomic E-state index is 0.429. The van der Waals surface area contributed by atoms with Crippen LogP contribution in [0.1, 0.15) is 21.5 Å². The lowest BCUT2D eigenvalue weighted by Gasteiger charge is -2.06. The third kappa shape index (κ3) is 4.85. The summed E-state index contributed by atoms with van der Waals surface area (Å²) in [5.41, 5.74) is 2.58. The first-order valence-corrected chi connectivity index (χ1v) is 9.18. The fourth-order valence-electron chi connectivity index (χ4n) is 2.40. The van der Waals surface area contributed by atoms with E-state index in [1.807, 2.05) is 6.07 Å². The van der Waals surface area contributed by atoms with Gasteiger partial charge < -0.3 is 4.74 Å². The first-order valence-electron chi connectivity index (χ1n) is 8.01. The molecule has 0 saturated carbocycles. The number of rotatable bonds is 4. The molecule has 0 aliphatic heterocycles. The minimum Gasteiger partial charge on any atom is -0.423 e. The van der Waals surface area contributed by atoms with Crippen LogP contribution in [-0.2, 0) is 0 Å². The molecule has 0 fully saturated rings. The second-order valence-electron chi connectivity index (χ2n) is 5.62. The van der Waals surface area contributed by atoms with E-state index in [-0.39, 0.29) is 0 Å². The molecule has 0 aliphatic carbocycles. The van der Waals surface area contributed by atoms with Gasteiger partial charge in [0.1, 0.15) is 5.75 Å². The van der Waals surface area contributed by atoms with Crippen LogP contribution < -0.4 is 4.74 Å². The van der Waals surface area contributed by atoms with Gasteiger partial charge in [-0.05, 0) is 69.5 Å². The van der Waals surface area contributed by atoms with Crippen LogP contribution in [0.25, 0.3) is 11.6 Å². The molecular formula is C22H13BrClNO2. The quantitative estimate of drug-likeness (QED) is 0.205. The van der Waals surface area contributed by atoms with Crippen molar-refractivity contribution >= 4 is 45.1 Å². The van der Waals surface area contributed by atoms with E-state index in [0.717, 1.165) is 11.1 Å². The SMILES string of the molecule is N#C/C(=C/c1ccc(OC(=O)c2ccccc2Br)cc1)c1ccc(Cl)cc1. The number of carbonyl (C=O) groups is 1. The minimum atomic E-state index is -0.440. The molecule has 3 nitrogen and oxygen atoms in total. The molecule has 0 aliphatic rings. The smallest absolute Gasteiger partial charge is 0.344 e. The third-order valence-corrected chi connectivity index (χ3v) is 4.71. The van der Waals surface area contributed by atoms with Crippen molar-refractivity contribution in [2.24, 2.45) is 0 Å². The molecule has 3 aromatic rings. The molecule has 5 heteroatoms. The van der Waals surface area contributed by atoms with Gasteiger partial charge in [0.05, 0.1) is 17.2 Å². The summed E-state index contributed by atoms with van der Waals surface area (Å²) in [6.45, 7) is 0. The predicted molar refractivity (Wildman–Crippen MR) is 110 cm³/mol. The summed E-state index contributed by atoms with van der Waals surface area (Å²) in [7, 11) is 0. The van der Waals surface area contributed by atoms with Crippen LogP contribution in [-0.4, -0.2) is 5.97 Å². The van der Waals surface area contributed by atoms with E-state index in [0.29, 0.717) is 26.4 Å². The van der Waals surface area contributed by atoms with Crippen LogP contribution in [0.3, 0.4) is 0 Å². The van der Waals surface area contributed by atoms with Gasteiger partial charge in [0.25, 0.3) is 0 Å². The highest BCUT2D eigenvalue weighted by atomic mass is 79.9. The normalized spacial score (nSPS) is 10.9. The highest BCUT2D eigenvalue weighted by Gasteiger charge is 2.11. The molecule has 132 valence electrons. The third-order valence-electron chi connectivity index (χ3n) is 3.77. The van der Waals surface area contributed by atoms with E-state index < -0.39 is 5.97 Å². The van der Waals surface area contributed by atoms with Crippen LogP contribution in [0.5, 0.6) is 5.75 Å². The lowest BCUT2D eigenvalue weighted by molar-refractivity contribution is 0.0734. The number of hydrogen-bond donors (Lipinski definition) is 0. The van der Waals surface area contributed by atoms with Crippen LogP contribution in [0.15, 0.2) is 77.3 Å². The molecule has 3 aromatic carbocycles. The molecule has 0 spiro atoms. The van der Waals surface area contributed by atoms with Crippen LogP contribution >= 0.6 is 27.5 Å². The lowest BCUT2D eigenvalue weighted by atomic mass is 10.0. The molecule has 27 heavy (non-hydrogen) atoms. The van der Waals surface area contributed by atoms with Gasteiger partial charge in [0, 0.05) is 9.50 Å². The molecule has 0 N–H and O–H groups in total. The predicted octanol–water partition coefficient (Wildman–Crippen LogP) is 6.39. The van der Waals surface area contributed by atoms with Crippen molar-refractivity contribution in [3.63, 3.8) is 0 Å². The Kier molecular flexibility index (Phi) is 6.08. The lowest BCUT2D eigenvalue weighted by Crippen LogP contribution is -2.09. The summed E-state index contributed by atoms with van der Waals surface area (Å²) in [4.78, 5) is 12.2. The molecule has 0 amide bonds. The molecular weight excluding hydrogens is 426 g/mol. The average molecular weight is 439 g/mol. The molecule has 0 atom stereocenters. The van der Waals surface area contributed by atoms with Crippen LogP contribution in [0.4, 0.5) is 0 Å². The summed E-state index contributed by atoms with van der Waals surface area (Å²) in [6, 6.07) is 23.3. The Labute approximate surface area is 170 Å². The summed E-state index contributed by atoms with van der Waals surface area (Å²) in [5.74, 6) is -0.0115. The van der Waals surface area contributed by atoms with Gasteiger partial charge in [0.2, 0.25) is 0 Å². The van der Waals surface area contributed by atoms with Crippen LogP contribution in [0, 0.1) is 11.3 Å². The van der Waals surface area contributed by atoms with Crippen molar-refractivity contribution in [2.75, 3.05) is 0 Å². The first kappa shape index (κ1) is 18.9. The second-order valence-corrected chi connectivity index (χ2v) is 6.91. The van der Waals surface area contributed by atoms with Gasteiger partial charge in [-0.3, -0.25) is 0 Å². The number of esters is 1. The van der Waals surface area contributed by atoms with Gasteiger partial charge in [0.15, 0.2) is 0 Å². The number of hydrogen-bond acceptors (Lipinski definition) is 3. The van der Waals surface area contributed by atoms with Gasteiger partial charge in [-0.15, -0.1) is 0 Å². The Morgan fingerprint density at radius 2 is 1.67 bits per heavy atom. The van der Waals surface area contributed by atoms with E-state index in [1.54, 1.807) is 72.8 Å².